The van der Waals surface area contributed by atoms with Crippen molar-refractivity contribution in [2.75, 3.05) is 26.9 Å². The SMILES string of the molecule is CCCCCC1(CCCCC)OC2C3CC4(C(=O)N(C)C(Cc5ccccc5)C(=O)NC(CO)CCC(=O)OC(C)(C)C)C(ON(Cc5ccccc5C=CCOC5OC(CO)C(O)C(O)C5O)C4C(=O)O3)C2O1. The Bertz CT molecular complexity index is 2210. The standard InChI is InChI=1S/C55H79N3O16/c1-7-9-16-26-54(27-17-10-8-2)72-45-39-30-55(52(67)57(6)38(29-34-19-12-11-13-20-34)49(65)56-37(32-59)24-25-41(61)71-53(3,4)5)47(50(66)69-39)58(74-48(55)46(45)73-54)31-36-22-15-14-21-35(36)23-18-28-68-51-44(64)43(63)42(62)40(33-60)70-51/h11-15,18-23,37-40,42-48,51,59-60,62-64H,7-10,16-17,24-33H2,1-6H3,(H,56,65). The highest BCUT2D eigenvalue weighted by Gasteiger charge is 2.77. The molecule has 2 aromatic carbocycles. The third-order valence-corrected chi connectivity index (χ3v) is 14.9. The third-order valence-electron chi connectivity index (χ3n) is 14.9. The fourth-order valence-electron chi connectivity index (χ4n) is 11.1. The minimum Gasteiger partial charge on any atom is -0.460 e. The number of nitrogens with one attached hydrogen (secondary N) is 1. The van der Waals surface area contributed by atoms with Gasteiger partial charge in [0.15, 0.2) is 18.1 Å². The lowest BCUT2D eigenvalue weighted by molar-refractivity contribution is -0.298. The summed E-state index contributed by atoms with van der Waals surface area (Å²) in [4.78, 5) is 66.7. The number of hydrogen-bond donors (Lipinski definition) is 6. The number of rotatable bonds is 25. The Labute approximate surface area is 434 Å². The summed E-state index contributed by atoms with van der Waals surface area (Å²) in [6, 6.07) is 13.3. The van der Waals surface area contributed by atoms with Gasteiger partial charge in [-0.05, 0) is 56.7 Å². The van der Waals surface area contributed by atoms with Gasteiger partial charge in [0.2, 0.25) is 11.8 Å². The number of carbonyl (C=O) groups excluding carboxylic acids is 4. The first-order chi connectivity index (χ1) is 35.4. The fourth-order valence-corrected chi connectivity index (χ4v) is 11.1. The Morgan fingerprint density at radius 3 is 2.26 bits per heavy atom. The Morgan fingerprint density at radius 1 is 0.919 bits per heavy atom. The molecule has 5 fully saturated rings. The van der Waals surface area contributed by atoms with Gasteiger partial charge in [0, 0.05) is 39.2 Å². The number of fused-ring (bicyclic) bond motifs is 4. The molecule has 19 nitrogen and oxygen atoms in total. The largest absolute Gasteiger partial charge is 0.460 e. The van der Waals surface area contributed by atoms with E-state index in [9.17, 15) is 39.9 Å². The summed E-state index contributed by atoms with van der Waals surface area (Å²) in [6.07, 6.45) is -0.464. The van der Waals surface area contributed by atoms with Crippen LogP contribution in [0.5, 0.6) is 0 Å². The molecule has 6 N–H and O–H groups in total. The van der Waals surface area contributed by atoms with Gasteiger partial charge in [-0.2, -0.15) is 5.06 Å². The molecule has 410 valence electrons. The molecule has 13 atom stereocenters. The number of ether oxygens (including phenoxy) is 6. The highest BCUT2D eigenvalue weighted by atomic mass is 16.8. The van der Waals surface area contributed by atoms with E-state index >= 15 is 4.79 Å². The van der Waals surface area contributed by atoms with Crippen LogP contribution in [0.1, 0.15) is 122 Å². The number of aliphatic hydroxyl groups excluding tert-OH is 5. The van der Waals surface area contributed by atoms with Gasteiger partial charge in [0.1, 0.15) is 65.9 Å². The number of nitrogens with zero attached hydrogens (tertiary/aromatic N) is 2. The lowest BCUT2D eigenvalue weighted by Gasteiger charge is -2.50. The zero-order valence-corrected chi connectivity index (χ0v) is 43.7. The molecule has 7 rings (SSSR count). The van der Waals surface area contributed by atoms with Crippen molar-refractivity contribution in [3.8, 4) is 0 Å². The number of benzene rings is 2. The molecule has 1 aliphatic carbocycles. The second kappa shape index (κ2) is 25.2. The first-order valence-corrected chi connectivity index (χ1v) is 26.5. The van der Waals surface area contributed by atoms with Crippen LogP contribution in [0.2, 0.25) is 0 Å². The summed E-state index contributed by atoms with van der Waals surface area (Å²) < 4.78 is 37.1. The molecule has 0 spiro atoms. The highest BCUT2D eigenvalue weighted by Crippen LogP contribution is 2.59. The molecule has 2 bridgehead atoms. The van der Waals surface area contributed by atoms with Gasteiger partial charge >= 0.3 is 11.9 Å². The normalized spacial score (nSPS) is 30.1. The van der Waals surface area contributed by atoms with Crippen LogP contribution in [0.3, 0.4) is 0 Å². The average Bonchev–Trinajstić information content (AvgIpc) is 3.93. The molecular weight excluding hydrogens is 959 g/mol. The van der Waals surface area contributed by atoms with Crippen LogP contribution < -0.4 is 5.32 Å². The van der Waals surface area contributed by atoms with Crippen molar-refractivity contribution < 1.29 is 78.0 Å². The Morgan fingerprint density at radius 2 is 1.59 bits per heavy atom. The summed E-state index contributed by atoms with van der Waals surface area (Å²) in [5.41, 5.74) is -0.228. The zero-order valence-electron chi connectivity index (χ0n) is 43.7. The molecule has 19 heteroatoms. The third kappa shape index (κ3) is 12.9. The maximum atomic E-state index is 16.0. The van der Waals surface area contributed by atoms with Crippen molar-refractivity contribution in [1.29, 1.82) is 0 Å². The molecule has 4 aliphatic heterocycles. The predicted molar refractivity (Wildman–Crippen MR) is 268 cm³/mol. The van der Waals surface area contributed by atoms with E-state index in [0.29, 0.717) is 24.0 Å². The van der Waals surface area contributed by atoms with E-state index in [4.69, 9.17) is 33.3 Å². The number of hydrogen-bond acceptors (Lipinski definition) is 17. The molecule has 5 aliphatic rings. The zero-order chi connectivity index (χ0) is 53.4. The Balaban J connectivity index is 1.21. The van der Waals surface area contributed by atoms with Crippen LogP contribution in [0.25, 0.3) is 6.08 Å². The molecule has 13 unspecified atom stereocenters. The van der Waals surface area contributed by atoms with Gasteiger partial charge in [-0.25, -0.2) is 0 Å². The second-order valence-electron chi connectivity index (χ2n) is 21.5. The number of hydroxylamine groups is 2. The smallest absolute Gasteiger partial charge is 0.327 e. The van der Waals surface area contributed by atoms with E-state index < -0.39 is 127 Å². The van der Waals surface area contributed by atoms with E-state index in [2.05, 4.69) is 19.2 Å². The molecule has 1 saturated carbocycles. The summed E-state index contributed by atoms with van der Waals surface area (Å²) in [5.74, 6) is -3.29. The highest BCUT2D eigenvalue weighted by molar-refractivity contribution is 5.96. The molecule has 0 radical (unpaired) electrons. The molecule has 2 amide bonds. The molecule has 2 aromatic rings. The van der Waals surface area contributed by atoms with Gasteiger partial charge in [0.25, 0.3) is 0 Å². The number of carbonyl (C=O) groups is 4. The number of amides is 2. The molecular formula is C55H79N3O16. The van der Waals surface area contributed by atoms with Gasteiger partial charge in [-0.3, -0.25) is 24.0 Å². The molecule has 4 saturated heterocycles. The van der Waals surface area contributed by atoms with Crippen molar-refractivity contribution >= 4 is 29.8 Å². The summed E-state index contributed by atoms with van der Waals surface area (Å²) >= 11 is 0. The number of aliphatic hydroxyl groups is 5. The molecule has 4 heterocycles. The average molecular weight is 1040 g/mol. The fraction of sp³-hybridized carbons (Fsp3) is 0.673. The molecule has 74 heavy (non-hydrogen) atoms. The van der Waals surface area contributed by atoms with Crippen LogP contribution in [0.4, 0.5) is 0 Å². The summed E-state index contributed by atoms with van der Waals surface area (Å²) in [6.45, 7) is 8.34. The molecule has 0 aromatic heterocycles. The van der Waals surface area contributed by atoms with E-state index in [1.807, 2.05) is 54.6 Å². The predicted octanol–water partition coefficient (Wildman–Crippen LogP) is 3.63. The minimum atomic E-state index is -1.64. The van der Waals surface area contributed by atoms with Crippen molar-refractivity contribution in [1.82, 2.24) is 15.3 Å². The van der Waals surface area contributed by atoms with E-state index in [1.54, 1.807) is 40.0 Å². The number of likely N-dealkylation sites (N-methyl/N-ethyl adjacent to an activating group) is 1. The van der Waals surface area contributed by atoms with Gasteiger partial charge in [-0.1, -0.05) is 106 Å². The first kappa shape index (κ1) is 57.3. The van der Waals surface area contributed by atoms with Crippen LogP contribution in [-0.2, 0) is 65.4 Å². The van der Waals surface area contributed by atoms with Crippen molar-refractivity contribution in [3.05, 3.63) is 77.4 Å². The van der Waals surface area contributed by atoms with Gasteiger partial charge in [0.05, 0.1) is 32.4 Å². The van der Waals surface area contributed by atoms with Crippen LogP contribution in [0.15, 0.2) is 60.7 Å². The number of esters is 2. The topological polar surface area (TPSA) is 253 Å². The van der Waals surface area contributed by atoms with E-state index in [1.165, 1.54) is 9.96 Å². The first-order valence-electron chi connectivity index (χ1n) is 26.5. The maximum Gasteiger partial charge on any atom is 0.327 e. The Hall–Kier alpha value is -4.38. The summed E-state index contributed by atoms with van der Waals surface area (Å²) in [7, 11) is 1.54. The lowest BCUT2D eigenvalue weighted by atomic mass is 9.62. The van der Waals surface area contributed by atoms with Crippen molar-refractivity contribution in [2.45, 2.75) is 203 Å². The van der Waals surface area contributed by atoms with Crippen LogP contribution in [-0.4, -0.2) is 171 Å². The van der Waals surface area contributed by atoms with E-state index in [0.717, 1.165) is 44.1 Å². The number of unbranched alkanes of at least 4 members (excludes halogenated alkanes) is 4. The quantitative estimate of drug-likeness (QED) is 0.0614. The second-order valence-corrected chi connectivity index (χ2v) is 21.5. The van der Waals surface area contributed by atoms with Gasteiger partial charge in [-0.15, -0.1) is 0 Å². The van der Waals surface area contributed by atoms with E-state index in [-0.39, 0.29) is 38.8 Å². The minimum absolute atomic E-state index is 0.00605. The lowest BCUT2D eigenvalue weighted by Crippen LogP contribution is -2.70. The van der Waals surface area contributed by atoms with Crippen LogP contribution >= 0.6 is 0 Å². The maximum absolute atomic E-state index is 16.0. The monoisotopic (exact) mass is 1040 g/mol. The van der Waals surface area contributed by atoms with Crippen molar-refractivity contribution in [3.63, 3.8) is 0 Å². The van der Waals surface area contributed by atoms with Crippen molar-refractivity contribution in [2.24, 2.45) is 5.41 Å². The van der Waals surface area contributed by atoms with Crippen LogP contribution in [0, 0.1) is 5.41 Å². The van der Waals surface area contributed by atoms with Gasteiger partial charge < -0.3 is 64.2 Å². The summed E-state index contributed by atoms with van der Waals surface area (Å²) in [5, 5.41) is 55.5. The Kier molecular flexibility index (Phi) is 19.5.